The maximum absolute atomic E-state index is 5.68. The molecular formula is C18H23N3O2. The van der Waals surface area contributed by atoms with E-state index in [9.17, 15) is 0 Å². The smallest absolute Gasteiger partial charge is 0.161 e. The van der Waals surface area contributed by atoms with E-state index in [0.717, 1.165) is 36.8 Å². The second-order valence-corrected chi connectivity index (χ2v) is 6.55. The van der Waals surface area contributed by atoms with Crippen LogP contribution in [0.3, 0.4) is 0 Å². The van der Waals surface area contributed by atoms with E-state index in [4.69, 9.17) is 14.5 Å². The summed E-state index contributed by atoms with van der Waals surface area (Å²) in [5.74, 6) is 3.49. The van der Waals surface area contributed by atoms with Gasteiger partial charge in [-0.05, 0) is 37.6 Å². The summed E-state index contributed by atoms with van der Waals surface area (Å²) < 4.78 is 13.4. The number of ether oxygens (including phenoxy) is 2. The molecule has 1 aromatic heterocycles. The number of aryl methyl sites for hydroxylation is 2. The van der Waals surface area contributed by atoms with Crippen LogP contribution >= 0.6 is 0 Å². The highest BCUT2D eigenvalue weighted by atomic mass is 16.6. The van der Waals surface area contributed by atoms with E-state index in [-0.39, 0.29) is 0 Å². The zero-order valence-corrected chi connectivity index (χ0v) is 13.8. The van der Waals surface area contributed by atoms with E-state index >= 15 is 0 Å². The lowest BCUT2D eigenvalue weighted by Gasteiger charge is -2.21. The molecule has 4 rings (SSSR count). The second kappa shape index (κ2) is 5.89. The van der Waals surface area contributed by atoms with Gasteiger partial charge in [0.05, 0.1) is 5.69 Å². The van der Waals surface area contributed by atoms with Crippen LogP contribution < -0.4 is 9.47 Å². The Labute approximate surface area is 136 Å². The van der Waals surface area contributed by atoms with Crippen LogP contribution in [0.2, 0.25) is 0 Å². The molecule has 1 atom stereocenters. The summed E-state index contributed by atoms with van der Waals surface area (Å²) in [7, 11) is 2.10. The number of rotatable bonds is 3. The Balaban J connectivity index is 1.43. The SMILES string of the molecule is Cc1cn(C)c([C@H]2CCN(Cc3ccc4c(c3)OCCO4)C2)n1. The molecule has 2 aromatic rings. The lowest BCUT2D eigenvalue weighted by molar-refractivity contribution is 0.171. The van der Waals surface area contributed by atoms with Crippen molar-refractivity contribution in [1.29, 1.82) is 0 Å². The predicted molar refractivity (Wildman–Crippen MR) is 88.0 cm³/mol. The molecule has 1 saturated heterocycles. The monoisotopic (exact) mass is 313 g/mol. The Morgan fingerprint density at radius 2 is 2.04 bits per heavy atom. The van der Waals surface area contributed by atoms with Crippen molar-refractivity contribution in [3.8, 4) is 11.5 Å². The van der Waals surface area contributed by atoms with Crippen LogP contribution in [0.25, 0.3) is 0 Å². The Morgan fingerprint density at radius 1 is 1.22 bits per heavy atom. The molecule has 0 N–H and O–H groups in total. The Morgan fingerprint density at radius 3 is 2.83 bits per heavy atom. The zero-order valence-electron chi connectivity index (χ0n) is 13.8. The Bertz CT molecular complexity index is 710. The Kier molecular flexibility index (Phi) is 3.73. The molecule has 2 aliphatic rings. The highest BCUT2D eigenvalue weighted by Crippen LogP contribution is 2.32. The molecule has 3 heterocycles. The van der Waals surface area contributed by atoms with Crippen LogP contribution in [0.15, 0.2) is 24.4 Å². The third kappa shape index (κ3) is 2.93. The summed E-state index contributed by atoms with van der Waals surface area (Å²) in [6, 6.07) is 6.29. The van der Waals surface area contributed by atoms with Gasteiger partial charge in [0, 0.05) is 32.3 Å². The number of benzene rings is 1. The summed E-state index contributed by atoms with van der Waals surface area (Å²) in [5.41, 5.74) is 2.39. The molecule has 122 valence electrons. The van der Waals surface area contributed by atoms with Gasteiger partial charge in [0.2, 0.25) is 0 Å². The van der Waals surface area contributed by atoms with Gasteiger partial charge in [-0.1, -0.05) is 6.07 Å². The maximum atomic E-state index is 5.68. The molecule has 2 aliphatic heterocycles. The van der Waals surface area contributed by atoms with Crippen molar-refractivity contribution in [2.24, 2.45) is 7.05 Å². The fraction of sp³-hybridized carbons (Fsp3) is 0.500. The predicted octanol–water partition coefficient (Wildman–Crippen LogP) is 2.49. The average molecular weight is 313 g/mol. The van der Waals surface area contributed by atoms with Crippen molar-refractivity contribution in [1.82, 2.24) is 14.5 Å². The van der Waals surface area contributed by atoms with Crippen LogP contribution in [0, 0.1) is 6.92 Å². The average Bonchev–Trinajstić information content (AvgIpc) is 3.13. The van der Waals surface area contributed by atoms with Gasteiger partial charge in [-0.15, -0.1) is 0 Å². The normalized spacial score (nSPS) is 20.9. The first-order valence-corrected chi connectivity index (χ1v) is 8.30. The second-order valence-electron chi connectivity index (χ2n) is 6.55. The number of nitrogens with zero attached hydrogens (tertiary/aromatic N) is 3. The minimum absolute atomic E-state index is 0.533. The van der Waals surface area contributed by atoms with Crippen LogP contribution in [-0.4, -0.2) is 40.8 Å². The van der Waals surface area contributed by atoms with Crippen molar-refractivity contribution in [2.45, 2.75) is 25.8 Å². The molecule has 1 fully saturated rings. The van der Waals surface area contributed by atoms with Crippen molar-refractivity contribution in [3.05, 3.63) is 41.5 Å². The van der Waals surface area contributed by atoms with E-state index in [2.05, 4.69) is 41.8 Å². The van der Waals surface area contributed by atoms with Gasteiger partial charge < -0.3 is 14.0 Å². The fourth-order valence-corrected chi connectivity index (χ4v) is 3.65. The van der Waals surface area contributed by atoms with Crippen LogP contribution in [0.4, 0.5) is 0 Å². The molecule has 0 aliphatic carbocycles. The van der Waals surface area contributed by atoms with E-state index < -0.39 is 0 Å². The van der Waals surface area contributed by atoms with Crippen molar-refractivity contribution >= 4 is 0 Å². The third-order valence-corrected chi connectivity index (χ3v) is 4.68. The molecule has 23 heavy (non-hydrogen) atoms. The molecule has 5 heteroatoms. The summed E-state index contributed by atoms with van der Waals surface area (Å²) >= 11 is 0. The van der Waals surface area contributed by atoms with E-state index in [1.807, 2.05) is 6.07 Å². The highest BCUT2D eigenvalue weighted by Gasteiger charge is 2.27. The molecule has 0 saturated carbocycles. The van der Waals surface area contributed by atoms with Crippen molar-refractivity contribution < 1.29 is 9.47 Å². The largest absolute Gasteiger partial charge is 0.486 e. The number of aromatic nitrogens is 2. The van der Waals surface area contributed by atoms with Gasteiger partial charge in [0.1, 0.15) is 19.0 Å². The molecule has 5 nitrogen and oxygen atoms in total. The minimum Gasteiger partial charge on any atom is -0.486 e. The summed E-state index contributed by atoms with van der Waals surface area (Å²) in [5, 5.41) is 0. The van der Waals surface area contributed by atoms with Crippen LogP contribution in [0.5, 0.6) is 11.5 Å². The lowest BCUT2D eigenvalue weighted by Crippen LogP contribution is -2.21. The maximum Gasteiger partial charge on any atom is 0.161 e. The molecule has 0 bridgehead atoms. The lowest BCUT2D eigenvalue weighted by atomic mass is 10.1. The first kappa shape index (κ1) is 14.6. The molecule has 0 spiro atoms. The quantitative estimate of drug-likeness (QED) is 0.873. The highest BCUT2D eigenvalue weighted by molar-refractivity contribution is 5.43. The van der Waals surface area contributed by atoms with Gasteiger partial charge in [-0.25, -0.2) is 4.98 Å². The summed E-state index contributed by atoms with van der Waals surface area (Å²) in [6.45, 7) is 6.48. The first-order valence-electron chi connectivity index (χ1n) is 8.30. The van der Waals surface area contributed by atoms with Gasteiger partial charge in [-0.2, -0.15) is 0 Å². The van der Waals surface area contributed by atoms with Crippen LogP contribution in [-0.2, 0) is 13.6 Å². The number of fused-ring (bicyclic) bond motifs is 1. The standard InChI is InChI=1S/C18H23N3O2/c1-13-10-20(2)18(19-13)15-5-6-21(12-15)11-14-3-4-16-17(9-14)23-8-7-22-16/h3-4,9-10,15H,5-8,11-12H2,1-2H3/t15-/m0/s1. The van der Waals surface area contributed by atoms with Gasteiger partial charge >= 0.3 is 0 Å². The van der Waals surface area contributed by atoms with E-state index in [1.54, 1.807) is 0 Å². The van der Waals surface area contributed by atoms with Crippen molar-refractivity contribution in [3.63, 3.8) is 0 Å². The topological polar surface area (TPSA) is 39.5 Å². The first-order chi connectivity index (χ1) is 11.2. The van der Waals surface area contributed by atoms with Gasteiger partial charge in [0.15, 0.2) is 11.5 Å². The summed E-state index contributed by atoms with van der Waals surface area (Å²) in [6.07, 6.45) is 3.29. The van der Waals surface area contributed by atoms with Gasteiger partial charge in [-0.3, -0.25) is 4.90 Å². The molecule has 0 radical (unpaired) electrons. The summed E-state index contributed by atoms with van der Waals surface area (Å²) in [4.78, 5) is 7.19. The fourth-order valence-electron chi connectivity index (χ4n) is 3.65. The molecular weight excluding hydrogens is 290 g/mol. The number of likely N-dealkylation sites (tertiary alicyclic amines) is 1. The molecule has 0 amide bonds. The van der Waals surface area contributed by atoms with Crippen LogP contribution in [0.1, 0.15) is 29.4 Å². The zero-order chi connectivity index (χ0) is 15.8. The van der Waals surface area contributed by atoms with Crippen molar-refractivity contribution in [2.75, 3.05) is 26.3 Å². The molecule has 0 unspecified atom stereocenters. The van der Waals surface area contributed by atoms with Gasteiger partial charge in [0.25, 0.3) is 0 Å². The third-order valence-electron chi connectivity index (χ3n) is 4.68. The number of hydrogen-bond acceptors (Lipinski definition) is 4. The molecule has 1 aromatic carbocycles. The van der Waals surface area contributed by atoms with E-state index in [0.29, 0.717) is 19.1 Å². The number of imidazole rings is 1. The number of hydrogen-bond donors (Lipinski definition) is 0. The minimum atomic E-state index is 0.533. The Hall–Kier alpha value is -2.01. The van der Waals surface area contributed by atoms with E-state index in [1.165, 1.54) is 17.8 Å².